The fourth-order valence-electron chi connectivity index (χ4n) is 4.42. The Labute approximate surface area is 259 Å². The molecule has 2 rings (SSSR count). The van der Waals surface area contributed by atoms with Crippen LogP contribution in [0.4, 0.5) is 0 Å². The van der Waals surface area contributed by atoms with E-state index in [1.165, 1.54) is 16.7 Å². The number of allylic oxidation sites excluding steroid dienone is 8. The van der Waals surface area contributed by atoms with Crippen LogP contribution in [0.25, 0.3) is 0 Å². The van der Waals surface area contributed by atoms with Crippen LogP contribution in [0.2, 0.25) is 0 Å². The lowest BCUT2D eigenvalue weighted by Crippen LogP contribution is -2.08. The molecular weight excluding hydrogens is 532 g/mol. The van der Waals surface area contributed by atoms with Crippen molar-refractivity contribution >= 4 is 11.9 Å². The molecule has 4 heteroatoms. The quantitative estimate of drug-likeness (QED) is 0.130. The summed E-state index contributed by atoms with van der Waals surface area (Å²) in [6, 6.07) is 18.1. The topological polar surface area (TPSA) is 52.6 Å². The molecule has 0 aliphatic heterocycles. The molecule has 0 aliphatic carbocycles. The van der Waals surface area contributed by atoms with Crippen molar-refractivity contribution in [2.45, 2.75) is 86.0 Å². The van der Waals surface area contributed by atoms with E-state index in [9.17, 15) is 9.59 Å². The summed E-state index contributed by atoms with van der Waals surface area (Å²) in [5, 5.41) is 0. The van der Waals surface area contributed by atoms with Crippen molar-refractivity contribution in [1.29, 1.82) is 0 Å². The predicted octanol–water partition coefficient (Wildman–Crippen LogP) is 10.6. The Bertz CT molecular complexity index is 1270. The summed E-state index contributed by atoms with van der Waals surface area (Å²) < 4.78 is 11.0. The number of benzene rings is 2. The van der Waals surface area contributed by atoms with Crippen LogP contribution in [0, 0.1) is 0 Å². The van der Waals surface area contributed by atoms with Gasteiger partial charge in [0.1, 0.15) is 13.2 Å². The van der Waals surface area contributed by atoms with Crippen LogP contribution in [0.1, 0.15) is 107 Å². The SMILES string of the molecule is CC(C)=CCCC(C)=CCCC(C)=CCCC(=CCCC(C)=CCOC(=O)c1ccccc1)COC(=O)c1ccccc1. The number of esters is 2. The number of carbonyl (C=O) groups is 2. The van der Waals surface area contributed by atoms with Crippen LogP contribution in [-0.2, 0) is 9.47 Å². The third-order valence-electron chi connectivity index (χ3n) is 7.11. The molecule has 43 heavy (non-hydrogen) atoms. The monoisotopic (exact) mass is 582 g/mol. The van der Waals surface area contributed by atoms with Gasteiger partial charge in [0.05, 0.1) is 11.1 Å². The zero-order chi connectivity index (χ0) is 31.3. The van der Waals surface area contributed by atoms with Gasteiger partial charge in [0.15, 0.2) is 0 Å². The van der Waals surface area contributed by atoms with Crippen LogP contribution >= 0.6 is 0 Å². The second kappa shape index (κ2) is 20.9. The van der Waals surface area contributed by atoms with E-state index in [0.717, 1.165) is 62.5 Å². The van der Waals surface area contributed by atoms with Gasteiger partial charge >= 0.3 is 11.9 Å². The largest absolute Gasteiger partial charge is 0.458 e. The molecule has 2 aromatic carbocycles. The summed E-state index contributed by atoms with van der Waals surface area (Å²) in [6.45, 7) is 11.3. The van der Waals surface area contributed by atoms with Crippen LogP contribution in [0.15, 0.2) is 119 Å². The van der Waals surface area contributed by atoms with Gasteiger partial charge in [0, 0.05) is 0 Å². The van der Waals surface area contributed by atoms with E-state index in [-0.39, 0.29) is 25.2 Å². The Morgan fingerprint density at radius 3 is 1.51 bits per heavy atom. The van der Waals surface area contributed by atoms with Crippen LogP contribution in [0.5, 0.6) is 0 Å². The van der Waals surface area contributed by atoms with Crippen molar-refractivity contribution in [2.24, 2.45) is 0 Å². The first-order valence-electron chi connectivity index (χ1n) is 15.5. The van der Waals surface area contributed by atoms with Crippen LogP contribution in [0.3, 0.4) is 0 Å². The average molecular weight is 583 g/mol. The Hall–Kier alpha value is -3.92. The first-order valence-corrected chi connectivity index (χ1v) is 15.5. The third-order valence-corrected chi connectivity index (χ3v) is 7.11. The maximum absolute atomic E-state index is 12.5. The van der Waals surface area contributed by atoms with Gasteiger partial charge in [-0.25, -0.2) is 9.59 Å². The van der Waals surface area contributed by atoms with E-state index in [4.69, 9.17) is 9.47 Å². The molecular formula is C39H50O4. The van der Waals surface area contributed by atoms with Gasteiger partial charge in [0.25, 0.3) is 0 Å². The molecule has 0 saturated heterocycles. The first kappa shape index (κ1) is 35.3. The summed E-state index contributed by atoms with van der Waals surface area (Å²) >= 11 is 0. The minimum Gasteiger partial charge on any atom is -0.458 e. The van der Waals surface area contributed by atoms with Gasteiger partial charge in [-0.3, -0.25) is 0 Å². The van der Waals surface area contributed by atoms with Gasteiger partial charge in [-0.15, -0.1) is 0 Å². The number of hydrogen-bond donors (Lipinski definition) is 0. The van der Waals surface area contributed by atoms with Gasteiger partial charge in [-0.2, -0.15) is 0 Å². The van der Waals surface area contributed by atoms with E-state index in [0.29, 0.717) is 11.1 Å². The van der Waals surface area contributed by atoms with E-state index in [2.05, 4.69) is 52.0 Å². The zero-order valence-corrected chi connectivity index (χ0v) is 26.9. The summed E-state index contributed by atoms with van der Waals surface area (Å²) in [6.07, 6.45) is 18.9. The third kappa shape index (κ3) is 16.3. The lowest BCUT2D eigenvalue weighted by atomic mass is 10.0. The summed E-state index contributed by atoms with van der Waals surface area (Å²) in [5.74, 6) is -0.623. The maximum Gasteiger partial charge on any atom is 0.338 e. The zero-order valence-electron chi connectivity index (χ0n) is 26.9. The van der Waals surface area contributed by atoms with E-state index in [1.807, 2.05) is 49.4 Å². The highest BCUT2D eigenvalue weighted by Crippen LogP contribution is 2.16. The number of ether oxygens (including phenoxy) is 2. The molecule has 0 aromatic heterocycles. The van der Waals surface area contributed by atoms with E-state index in [1.54, 1.807) is 24.3 Å². The van der Waals surface area contributed by atoms with Gasteiger partial charge in [-0.1, -0.05) is 83.0 Å². The predicted molar refractivity (Wildman–Crippen MR) is 179 cm³/mol. The normalized spacial score (nSPS) is 12.6. The molecule has 2 aromatic rings. The minimum atomic E-state index is -0.318. The van der Waals surface area contributed by atoms with Crippen molar-refractivity contribution in [3.63, 3.8) is 0 Å². The second-order valence-electron chi connectivity index (χ2n) is 11.4. The number of carbonyl (C=O) groups excluding carboxylic acids is 2. The van der Waals surface area contributed by atoms with E-state index >= 15 is 0 Å². The Kier molecular flexibility index (Phi) is 17.1. The molecule has 230 valence electrons. The Morgan fingerprint density at radius 1 is 0.535 bits per heavy atom. The second-order valence-corrected chi connectivity index (χ2v) is 11.4. The molecule has 0 atom stereocenters. The van der Waals surface area contributed by atoms with Crippen molar-refractivity contribution < 1.29 is 19.1 Å². The molecule has 4 nitrogen and oxygen atoms in total. The van der Waals surface area contributed by atoms with Crippen LogP contribution < -0.4 is 0 Å². The molecule has 0 aliphatic rings. The fraction of sp³-hybridized carbons (Fsp3) is 0.385. The summed E-state index contributed by atoms with van der Waals surface area (Å²) in [7, 11) is 0. The number of rotatable bonds is 18. The standard InChI is InChI=1S/C39H50O4/c1-31(2)16-12-17-32(3)18-13-19-33(4)20-14-22-35(30-43-39(41)37-26-10-7-11-27-37)23-15-21-34(5)28-29-42-38(40)36-24-8-6-9-25-36/h6-11,16,18,20,23-28H,12-15,17,19,21-22,29-30H2,1-5H3. The minimum absolute atomic E-state index is 0.249. The molecule has 0 spiro atoms. The average Bonchev–Trinajstić information content (AvgIpc) is 3.00. The molecule has 0 saturated carbocycles. The molecule has 0 N–H and O–H groups in total. The maximum atomic E-state index is 12.5. The molecule has 0 fully saturated rings. The smallest absolute Gasteiger partial charge is 0.338 e. The molecule has 0 amide bonds. The molecule has 0 radical (unpaired) electrons. The van der Waals surface area contributed by atoms with Gasteiger partial charge in [0.2, 0.25) is 0 Å². The summed E-state index contributed by atoms with van der Waals surface area (Å²) in [5.41, 5.74) is 7.60. The first-order chi connectivity index (χ1) is 20.7. The van der Waals surface area contributed by atoms with Crippen molar-refractivity contribution in [3.05, 3.63) is 130 Å². The van der Waals surface area contributed by atoms with E-state index < -0.39 is 0 Å². The van der Waals surface area contributed by atoms with Gasteiger partial charge in [-0.05, 0) is 122 Å². The van der Waals surface area contributed by atoms with Crippen molar-refractivity contribution in [1.82, 2.24) is 0 Å². The fourth-order valence-corrected chi connectivity index (χ4v) is 4.42. The Morgan fingerprint density at radius 2 is 0.977 bits per heavy atom. The summed E-state index contributed by atoms with van der Waals surface area (Å²) in [4.78, 5) is 24.7. The highest BCUT2D eigenvalue weighted by molar-refractivity contribution is 5.89. The van der Waals surface area contributed by atoms with Crippen LogP contribution in [-0.4, -0.2) is 25.2 Å². The molecule has 0 unspecified atom stereocenters. The number of hydrogen-bond acceptors (Lipinski definition) is 4. The highest BCUT2D eigenvalue weighted by Gasteiger charge is 2.08. The van der Waals surface area contributed by atoms with Crippen molar-refractivity contribution in [3.8, 4) is 0 Å². The molecule has 0 bridgehead atoms. The molecule has 0 heterocycles. The Balaban J connectivity index is 1.88. The highest BCUT2D eigenvalue weighted by atomic mass is 16.5. The van der Waals surface area contributed by atoms with Crippen molar-refractivity contribution in [2.75, 3.05) is 13.2 Å². The lowest BCUT2D eigenvalue weighted by Gasteiger charge is -2.10. The lowest BCUT2D eigenvalue weighted by molar-refractivity contribution is 0.0532. The van der Waals surface area contributed by atoms with Gasteiger partial charge < -0.3 is 9.47 Å².